The monoisotopic (exact) mass is 260 g/mol. The molecule has 0 N–H and O–H groups in total. The van der Waals surface area contributed by atoms with Crippen LogP contribution in [0.1, 0.15) is 27.7 Å². The van der Waals surface area contributed by atoms with Gasteiger partial charge in [0, 0.05) is 5.75 Å². The standard InChI is InChI=1S/C12H20O4S/c1-11(2)13-5-7(14-11)10-9-8(6-17-10)15-12(3,4)16-9/h7-10H,5-6H2,1-4H3/t7?,8?,9?,10-/m0/s1. The summed E-state index contributed by atoms with van der Waals surface area (Å²) in [5.41, 5.74) is 0. The van der Waals surface area contributed by atoms with Crippen LogP contribution in [0, 0.1) is 0 Å². The van der Waals surface area contributed by atoms with E-state index in [1.165, 1.54) is 0 Å². The first kappa shape index (κ1) is 12.2. The number of rotatable bonds is 1. The predicted octanol–water partition coefficient (Wildman–Crippen LogP) is 1.77. The van der Waals surface area contributed by atoms with Crippen LogP contribution in [0.3, 0.4) is 0 Å². The van der Waals surface area contributed by atoms with Crippen LogP contribution in [0.4, 0.5) is 0 Å². The van der Waals surface area contributed by atoms with Crippen molar-refractivity contribution in [2.45, 2.75) is 62.8 Å². The van der Waals surface area contributed by atoms with Gasteiger partial charge in [0.25, 0.3) is 0 Å². The highest BCUT2D eigenvalue weighted by molar-refractivity contribution is 8.00. The molecule has 0 aromatic heterocycles. The fourth-order valence-electron chi connectivity index (χ4n) is 2.77. The Morgan fingerprint density at radius 2 is 1.65 bits per heavy atom. The number of hydrogen-bond acceptors (Lipinski definition) is 5. The smallest absolute Gasteiger partial charge is 0.163 e. The predicted molar refractivity (Wildman–Crippen MR) is 65.0 cm³/mol. The molecular weight excluding hydrogens is 240 g/mol. The molecule has 3 rings (SSSR count). The van der Waals surface area contributed by atoms with E-state index in [1.54, 1.807) is 0 Å². The summed E-state index contributed by atoms with van der Waals surface area (Å²) in [6, 6.07) is 0. The van der Waals surface area contributed by atoms with Gasteiger partial charge in [0.1, 0.15) is 6.10 Å². The molecule has 0 bridgehead atoms. The first-order valence-electron chi connectivity index (χ1n) is 6.15. The highest BCUT2D eigenvalue weighted by atomic mass is 32.2. The van der Waals surface area contributed by atoms with Crippen molar-refractivity contribution in [1.82, 2.24) is 0 Å². The quantitative estimate of drug-likeness (QED) is 0.718. The summed E-state index contributed by atoms with van der Waals surface area (Å²) in [7, 11) is 0. The maximum absolute atomic E-state index is 5.99. The molecule has 5 heteroatoms. The number of thioether (sulfide) groups is 1. The van der Waals surface area contributed by atoms with Crippen molar-refractivity contribution in [3.63, 3.8) is 0 Å². The zero-order chi connectivity index (χ0) is 12.3. The Kier molecular flexibility index (Phi) is 2.76. The molecule has 3 heterocycles. The summed E-state index contributed by atoms with van der Waals surface area (Å²) in [5.74, 6) is 0.0703. The van der Waals surface area contributed by atoms with E-state index in [0.717, 1.165) is 5.75 Å². The molecule has 3 fully saturated rings. The van der Waals surface area contributed by atoms with Crippen LogP contribution in [-0.2, 0) is 18.9 Å². The summed E-state index contributed by atoms with van der Waals surface area (Å²) in [5, 5.41) is 0.323. The van der Waals surface area contributed by atoms with Gasteiger partial charge in [0.15, 0.2) is 11.6 Å². The van der Waals surface area contributed by atoms with Gasteiger partial charge in [-0.25, -0.2) is 0 Å². The Balaban J connectivity index is 1.70. The summed E-state index contributed by atoms with van der Waals surface area (Å²) in [4.78, 5) is 0. The minimum atomic E-state index is -0.460. The molecule has 0 aliphatic carbocycles. The minimum absolute atomic E-state index is 0.113. The van der Waals surface area contributed by atoms with Gasteiger partial charge in [0.05, 0.1) is 24.1 Å². The van der Waals surface area contributed by atoms with Crippen LogP contribution in [-0.4, -0.2) is 47.5 Å². The molecule has 0 aromatic carbocycles. The van der Waals surface area contributed by atoms with Crippen LogP contribution in [0.15, 0.2) is 0 Å². The normalized spacial score (nSPS) is 47.3. The van der Waals surface area contributed by atoms with Gasteiger partial charge in [-0.15, -0.1) is 0 Å². The average Bonchev–Trinajstić information content (AvgIpc) is 2.77. The van der Waals surface area contributed by atoms with Crippen LogP contribution in [0.2, 0.25) is 0 Å². The Morgan fingerprint density at radius 1 is 0.941 bits per heavy atom. The van der Waals surface area contributed by atoms with Gasteiger partial charge in [-0.3, -0.25) is 0 Å². The molecule has 17 heavy (non-hydrogen) atoms. The minimum Gasteiger partial charge on any atom is -0.348 e. The highest BCUT2D eigenvalue weighted by Gasteiger charge is 2.54. The Morgan fingerprint density at radius 3 is 2.29 bits per heavy atom. The zero-order valence-electron chi connectivity index (χ0n) is 10.8. The van der Waals surface area contributed by atoms with E-state index in [-0.39, 0.29) is 18.3 Å². The fourth-order valence-corrected chi connectivity index (χ4v) is 4.21. The van der Waals surface area contributed by atoms with E-state index < -0.39 is 11.6 Å². The summed E-state index contributed by atoms with van der Waals surface area (Å²) < 4.78 is 23.4. The van der Waals surface area contributed by atoms with E-state index in [0.29, 0.717) is 11.9 Å². The van der Waals surface area contributed by atoms with Crippen molar-refractivity contribution >= 4 is 11.8 Å². The first-order chi connectivity index (χ1) is 7.86. The van der Waals surface area contributed by atoms with Crippen LogP contribution in [0.5, 0.6) is 0 Å². The molecule has 0 aromatic rings. The summed E-state index contributed by atoms with van der Waals surface area (Å²) in [6.07, 6.45) is 0.451. The molecule has 0 radical (unpaired) electrons. The lowest BCUT2D eigenvalue weighted by atomic mass is 10.1. The Labute approximate surface area is 106 Å². The third-order valence-electron chi connectivity index (χ3n) is 3.40. The molecule has 98 valence electrons. The third kappa shape index (κ3) is 2.24. The maximum Gasteiger partial charge on any atom is 0.163 e. The first-order valence-corrected chi connectivity index (χ1v) is 7.20. The molecule has 0 amide bonds. The van der Waals surface area contributed by atoms with Gasteiger partial charge >= 0.3 is 0 Å². The van der Waals surface area contributed by atoms with Crippen molar-refractivity contribution in [3.8, 4) is 0 Å². The molecular formula is C12H20O4S. The number of fused-ring (bicyclic) bond motifs is 1. The van der Waals surface area contributed by atoms with E-state index in [1.807, 2.05) is 39.5 Å². The SMILES string of the molecule is CC1(C)OCC([C@@H]2SCC3OC(C)(C)OC32)O1. The van der Waals surface area contributed by atoms with Gasteiger partial charge in [-0.2, -0.15) is 11.8 Å². The second kappa shape index (κ2) is 3.84. The van der Waals surface area contributed by atoms with Gasteiger partial charge in [-0.1, -0.05) is 0 Å². The van der Waals surface area contributed by atoms with Gasteiger partial charge in [0.2, 0.25) is 0 Å². The molecule has 0 saturated carbocycles. The van der Waals surface area contributed by atoms with Crippen molar-refractivity contribution in [2.24, 2.45) is 0 Å². The maximum atomic E-state index is 5.99. The lowest BCUT2D eigenvalue weighted by Gasteiger charge is -2.25. The van der Waals surface area contributed by atoms with Gasteiger partial charge < -0.3 is 18.9 Å². The molecule has 3 unspecified atom stereocenters. The molecule has 4 atom stereocenters. The summed E-state index contributed by atoms with van der Waals surface area (Å²) >= 11 is 1.88. The lowest BCUT2D eigenvalue weighted by molar-refractivity contribution is -0.154. The zero-order valence-corrected chi connectivity index (χ0v) is 11.6. The van der Waals surface area contributed by atoms with Crippen LogP contribution < -0.4 is 0 Å². The number of ether oxygens (including phenoxy) is 4. The number of hydrogen-bond donors (Lipinski definition) is 0. The molecule has 4 nitrogen and oxygen atoms in total. The third-order valence-corrected chi connectivity index (χ3v) is 4.87. The van der Waals surface area contributed by atoms with Crippen molar-refractivity contribution in [2.75, 3.05) is 12.4 Å². The average molecular weight is 260 g/mol. The topological polar surface area (TPSA) is 36.9 Å². The molecule has 3 aliphatic rings. The van der Waals surface area contributed by atoms with Crippen molar-refractivity contribution < 1.29 is 18.9 Å². The second-order valence-corrected chi connectivity index (χ2v) is 7.01. The van der Waals surface area contributed by atoms with E-state index in [2.05, 4.69) is 0 Å². The van der Waals surface area contributed by atoms with Gasteiger partial charge in [-0.05, 0) is 27.7 Å². The Bertz CT molecular complexity index is 318. The van der Waals surface area contributed by atoms with Crippen LogP contribution >= 0.6 is 11.8 Å². The lowest BCUT2D eigenvalue weighted by Crippen LogP contribution is -2.38. The second-order valence-electron chi connectivity index (χ2n) is 5.80. The van der Waals surface area contributed by atoms with E-state index in [4.69, 9.17) is 18.9 Å². The summed E-state index contributed by atoms with van der Waals surface area (Å²) in [6.45, 7) is 8.52. The molecule has 3 saturated heterocycles. The van der Waals surface area contributed by atoms with Crippen LogP contribution in [0.25, 0.3) is 0 Å². The van der Waals surface area contributed by atoms with Crippen molar-refractivity contribution in [1.29, 1.82) is 0 Å². The Hall–Kier alpha value is 0.190. The fraction of sp³-hybridized carbons (Fsp3) is 1.00. The van der Waals surface area contributed by atoms with Crippen molar-refractivity contribution in [3.05, 3.63) is 0 Å². The van der Waals surface area contributed by atoms with E-state index in [9.17, 15) is 0 Å². The highest BCUT2D eigenvalue weighted by Crippen LogP contribution is 2.44. The van der Waals surface area contributed by atoms with E-state index >= 15 is 0 Å². The largest absolute Gasteiger partial charge is 0.348 e. The molecule has 3 aliphatic heterocycles. The molecule has 0 spiro atoms.